The molecule has 5 aliphatic rings. The molecule has 0 aromatic carbocycles. The van der Waals surface area contributed by atoms with Crippen LogP contribution < -0.4 is 0 Å². The van der Waals surface area contributed by atoms with Gasteiger partial charge in [0.2, 0.25) is 0 Å². The monoisotopic (exact) mass is 846 g/mol. The number of unbranched alkanes of at least 4 members (excludes halogenated alkanes) is 1. The van der Waals surface area contributed by atoms with Crippen LogP contribution in [-0.2, 0) is 71.1 Å². The largest absolute Gasteiger partial charge is 0.481 e. The third kappa shape index (κ3) is 8.69. The second-order valence-electron chi connectivity index (χ2n) is 13.8. The molecular weight excluding hydrogens is 806 g/mol. The predicted molar refractivity (Wildman–Crippen MR) is 174 cm³/mol. The molecule has 0 amide bonds. The van der Waals surface area contributed by atoms with Crippen molar-refractivity contribution in [2.45, 2.75) is 44.9 Å². The number of methoxy groups -OCH3 is 2. The standard InChI is InChI=1S/C15H14O10.C10H12O8.C5H14O6P2/c1-25-11(24)15-4-13(9(20)21)2-12(7(15)17,8(18)19)3-14(5-15,6(13)16)10(22)23;1-18-10(17)4-2-3(7(11)12)5(8(13)14)6(4)9(15)16;1-11-13(9,10)5-3-2-4-12(6,7)8/h2-5H2,1H3,(H,18,19)(H,20,21)(H,22,23);3-6H,2H2,1H3,(H,11,12)(H,13,14)(H,15,16);2-5H2,1H3,(H,9,10)(H2,6,7,8). The second kappa shape index (κ2) is 16.9. The van der Waals surface area contributed by atoms with Gasteiger partial charge in [0.05, 0.1) is 37.9 Å². The molecule has 0 radical (unpaired) electrons. The lowest BCUT2D eigenvalue weighted by atomic mass is 9.34. The molecular formula is C30H40O24P2. The van der Waals surface area contributed by atoms with Gasteiger partial charge in [-0.2, -0.15) is 0 Å². The first-order valence-electron chi connectivity index (χ1n) is 16.1. The first kappa shape index (κ1) is 47.6. The molecule has 26 heteroatoms. The fourth-order valence-corrected chi connectivity index (χ4v) is 9.58. The average Bonchev–Trinajstić information content (AvgIpc) is 3.51. The van der Waals surface area contributed by atoms with Crippen molar-refractivity contribution in [3.8, 4) is 0 Å². The van der Waals surface area contributed by atoms with Gasteiger partial charge in [-0.3, -0.25) is 57.1 Å². The van der Waals surface area contributed by atoms with Gasteiger partial charge in [0.15, 0.2) is 11.6 Å². The highest BCUT2D eigenvalue weighted by molar-refractivity contribution is 7.52. The minimum Gasteiger partial charge on any atom is -0.481 e. The normalized spacial score (nSPS) is 32.3. The van der Waals surface area contributed by atoms with E-state index in [0.29, 0.717) is 0 Å². The molecule has 0 heterocycles. The van der Waals surface area contributed by atoms with Crippen molar-refractivity contribution in [2.75, 3.05) is 33.7 Å². The molecule has 7 atom stereocenters. The molecule has 5 saturated carbocycles. The molecule has 9 N–H and O–H groups in total. The maximum absolute atomic E-state index is 12.9. The van der Waals surface area contributed by atoms with Gasteiger partial charge in [-0.1, -0.05) is 0 Å². The number of carbonyl (C=O) groups excluding carboxylic acids is 4. The number of carboxylic acid groups (broad SMARTS) is 6. The molecule has 0 aliphatic heterocycles. The van der Waals surface area contributed by atoms with E-state index < -0.39 is 146 Å². The lowest BCUT2D eigenvalue weighted by molar-refractivity contribution is -0.216. The van der Waals surface area contributed by atoms with Gasteiger partial charge in [0.25, 0.3) is 0 Å². The van der Waals surface area contributed by atoms with Crippen molar-refractivity contribution in [1.29, 1.82) is 0 Å². The highest BCUT2D eigenvalue weighted by Gasteiger charge is 2.84. The van der Waals surface area contributed by atoms with Crippen molar-refractivity contribution in [3.05, 3.63) is 0 Å². The van der Waals surface area contributed by atoms with E-state index in [1.54, 1.807) is 0 Å². The number of hydrogen-bond donors (Lipinski definition) is 9. The number of ketones is 2. The SMILES string of the molecule is COC(=O)C12CC3(C(=O)O)CC(C(=O)O)(CC(C(=O)O)(C1)C3=O)C2=O.COC(=O)C1CC(C(=O)O)C(C(=O)O)C1C(=O)O.COP(=O)(O)CCCCP(=O)(O)O. The van der Waals surface area contributed by atoms with E-state index in [9.17, 15) is 72.4 Å². The molecule has 5 rings (SSSR count). The zero-order chi connectivity index (χ0) is 43.6. The molecule has 7 unspecified atom stereocenters. The Kier molecular flexibility index (Phi) is 14.3. The van der Waals surface area contributed by atoms with E-state index in [1.165, 1.54) is 0 Å². The van der Waals surface area contributed by atoms with Gasteiger partial charge in [-0.25, -0.2) is 0 Å². The van der Waals surface area contributed by atoms with Crippen LogP contribution in [0.25, 0.3) is 0 Å². The van der Waals surface area contributed by atoms with Crippen LogP contribution in [0.15, 0.2) is 0 Å². The van der Waals surface area contributed by atoms with Crippen LogP contribution in [0.4, 0.5) is 0 Å². The summed E-state index contributed by atoms with van der Waals surface area (Å²) >= 11 is 0. The van der Waals surface area contributed by atoms with Gasteiger partial charge < -0.3 is 59.3 Å². The molecule has 0 aromatic rings. The van der Waals surface area contributed by atoms with Crippen molar-refractivity contribution in [2.24, 2.45) is 45.3 Å². The van der Waals surface area contributed by atoms with E-state index in [-0.39, 0.29) is 31.6 Å². The number of Topliss-reactive ketones (excluding diaryl/α,β-unsaturated/α-hetero) is 2. The summed E-state index contributed by atoms with van der Waals surface area (Å²) < 4.78 is 34.4. The summed E-state index contributed by atoms with van der Waals surface area (Å²) in [7, 11) is -4.39. The molecule has 0 saturated heterocycles. The Bertz CT molecular complexity index is 1740. The van der Waals surface area contributed by atoms with E-state index in [0.717, 1.165) is 21.3 Å². The minimum atomic E-state index is -3.97. The number of carboxylic acids is 6. The zero-order valence-corrected chi connectivity index (χ0v) is 31.5. The molecule has 24 nitrogen and oxygen atoms in total. The number of rotatable bonds is 14. The van der Waals surface area contributed by atoms with Crippen molar-refractivity contribution >= 4 is 74.5 Å². The summed E-state index contributed by atoms with van der Waals surface area (Å²) in [6.07, 6.45) is -3.49. The summed E-state index contributed by atoms with van der Waals surface area (Å²) in [5.41, 5.74) is -9.59. The highest BCUT2D eigenvalue weighted by Crippen LogP contribution is 2.71. The van der Waals surface area contributed by atoms with Gasteiger partial charge in [0, 0.05) is 19.4 Å². The molecule has 0 aromatic heterocycles. The van der Waals surface area contributed by atoms with Gasteiger partial charge >= 0.3 is 62.9 Å². The van der Waals surface area contributed by atoms with Crippen LogP contribution in [0.3, 0.4) is 0 Å². The zero-order valence-electron chi connectivity index (χ0n) is 29.7. The van der Waals surface area contributed by atoms with Crippen molar-refractivity contribution < 1.29 is 116 Å². The van der Waals surface area contributed by atoms with Crippen LogP contribution in [0, 0.1) is 45.3 Å². The fraction of sp³-hybridized carbons (Fsp3) is 0.667. The van der Waals surface area contributed by atoms with E-state index in [4.69, 9.17) is 30.0 Å². The molecule has 0 spiro atoms. The molecule has 314 valence electrons. The molecule has 4 bridgehead atoms. The Labute approximate surface area is 314 Å². The smallest absolute Gasteiger partial charge is 0.327 e. The number of esters is 2. The van der Waals surface area contributed by atoms with Gasteiger partial charge in [0.1, 0.15) is 21.7 Å². The number of carbonyl (C=O) groups is 10. The Morgan fingerprint density at radius 3 is 1.29 bits per heavy atom. The van der Waals surface area contributed by atoms with Crippen molar-refractivity contribution in [3.63, 3.8) is 0 Å². The Morgan fingerprint density at radius 2 is 0.964 bits per heavy atom. The third-order valence-electron chi connectivity index (χ3n) is 10.5. The van der Waals surface area contributed by atoms with Crippen LogP contribution in [0.5, 0.6) is 0 Å². The van der Waals surface area contributed by atoms with Crippen molar-refractivity contribution in [1.82, 2.24) is 0 Å². The first-order valence-corrected chi connectivity index (χ1v) is 19.7. The van der Waals surface area contributed by atoms with Crippen LogP contribution in [-0.4, -0.2) is 138 Å². The summed E-state index contributed by atoms with van der Waals surface area (Å²) in [6.45, 7) is 0. The van der Waals surface area contributed by atoms with Crippen LogP contribution >= 0.6 is 15.2 Å². The molecule has 5 fully saturated rings. The topological polar surface area (TPSA) is 415 Å². The predicted octanol–water partition coefficient (Wildman–Crippen LogP) is -0.844. The first-order chi connectivity index (χ1) is 25.5. The average molecular weight is 847 g/mol. The van der Waals surface area contributed by atoms with Crippen LogP contribution in [0.2, 0.25) is 0 Å². The van der Waals surface area contributed by atoms with Crippen LogP contribution in [0.1, 0.15) is 44.9 Å². The Morgan fingerprint density at radius 1 is 0.589 bits per heavy atom. The minimum absolute atomic E-state index is 0.0660. The number of hydrogen-bond acceptors (Lipinski definition) is 15. The third-order valence-corrected chi connectivity index (χ3v) is 12.9. The maximum Gasteiger partial charge on any atom is 0.327 e. The number of ether oxygens (including phenoxy) is 2. The van der Waals surface area contributed by atoms with Gasteiger partial charge in [-0.05, 0) is 44.9 Å². The van der Waals surface area contributed by atoms with E-state index in [2.05, 4.69) is 14.0 Å². The summed E-state index contributed by atoms with van der Waals surface area (Å²) in [4.78, 5) is 144. The summed E-state index contributed by atoms with van der Waals surface area (Å²) in [5.74, 6) is -20.0. The van der Waals surface area contributed by atoms with E-state index >= 15 is 0 Å². The fourth-order valence-electron chi connectivity index (χ4n) is 8.13. The maximum atomic E-state index is 12.9. The Balaban J connectivity index is 0.000000309. The van der Waals surface area contributed by atoms with Gasteiger partial charge in [-0.15, -0.1) is 0 Å². The highest BCUT2D eigenvalue weighted by atomic mass is 31.2. The summed E-state index contributed by atoms with van der Waals surface area (Å²) in [5, 5.41) is 55.7. The lowest BCUT2D eigenvalue weighted by Crippen LogP contribution is -2.77. The number of aliphatic carboxylic acids is 6. The Hall–Kier alpha value is -4.60. The summed E-state index contributed by atoms with van der Waals surface area (Å²) in [6, 6.07) is 0. The molecule has 56 heavy (non-hydrogen) atoms. The van der Waals surface area contributed by atoms with E-state index in [1.807, 2.05) is 0 Å². The lowest BCUT2D eigenvalue weighted by Gasteiger charge is -2.62. The second-order valence-corrected chi connectivity index (χ2v) is 17.6. The quantitative estimate of drug-likeness (QED) is 0.0445. The molecule has 5 aliphatic carbocycles.